The van der Waals surface area contributed by atoms with Gasteiger partial charge in [-0.15, -0.1) is 13.2 Å². The van der Waals surface area contributed by atoms with Crippen LogP contribution in [-0.4, -0.2) is 16.3 Å². The maximum atomic E-state index is 11.6. The number of nitrogens with one attached hydrogen (secondary N) is 1. The average molecular weight is 195 g/mol. The predicted molar refractivity (Wildman–Crippen MR) is 36.0 cm³/mol. The third-order valence-electron chi connectivity index (χ3n) is 1.03. The Morgan fingerprint density at radius 2 is 2.15 bits per heavy atom. The molecule has 3 N–H and O–H groups in total. The first-order valence-corrected chi connectivity index (χ1v) is 2.99. The van der Waals surface area contributed by atoms with Gasteiger partial charge in [0.25, 0.3) is 0 Å². The molecule has 0 spiro atoms. The summed E-state index contributed by atoms with van der Waals surface area (Å²) in [5.41, 5.74) is 4.17. The Hall–Kier alpha value is -1.73. The van der Waals surface area contributed by atoms with Gasteiger partial charge in [0.1, 0.15) is 5.82 Å². The molecule has 72 valence electrons. The molecule has 0 radical (unpaired) electrons. The first-order valence-electron chi connectivity index (χ1n) is 2.99. The Labute approximate surface area is 69.3 Å². The minimum Gasteiger partial charge on any atom is -0.400 e. The van der Waals surface area contributed by atoms with E-state index in [0.29, 0.717) is 6.20 Å². The second-order valence-corrected chi connectivity index (χ2v) is 2.01. The number of aromatic nitrogens is 2. The van der Waals surface area contributed by atoms with Gasteiger partial charge in [0.2, 0.25) is 0 Å². The lowest BCUT2D eigenvalue weighted by Gasteiger charge is -2.08. The van der Waals surface area contributed by atoms with E-state index in [9.17, 15) is 18.0 Å². The zero-order chi connectivity index (χ0) is 10.1. The van der Waals surface area contributed by atoms with Crippen LogP contribution in [0, 0.1) is 0 Å². The SMILES string of the molecule is Nc1[nH]c(=O)ncc1OC(F)(F)F. The molecule has 1 heterocycles. The van der Waals surface area contributed by atoms with E-state index < -0.39 is 23.6 Å². The van der Waals surface area contributed by atoms with Crippen molar-refractivity contribution in [1.82, 2.24) is 9.97 Å². The summed E-state index contributed by atoms with van der Waals surface area (Å²) in [7, 11) is 0. The van der Waals surface area contributed by atoms with Crippen LogP contribution in [0.5, 0.6) is 5.75 Å². The molecule has 1 rings (SSSR count). The van der Waals surface area contributed by atoms with Gasteiger partial charge in [-0.1, -0.05) is 0 Å². The van der Waals surface area contributed by atoms with Crippen LogP contribution >= 0.6 is 0 Å². The van der Waals surface area contributed by atoms with Gasteiger partial charge in [0.15, 0.2) is 5.75 Å². The quantitative estimate of drug-likeness (QED) is 0.673. The first-order chi connectivity index (χ1) is 5.88. The number of nitrogens with two attached hydrogens (primary N) is 1. The Bertz CT molecular complexity index is 359. The molecule has 0 fully saturated rings. The summed E-state index contributed by atoms with van der Waals surface area (Å²) < 4.78 is 38.3. The van der Waals surface area contributed by atoms with Crippen LogP contribution in [0.15, 0.2) is 11.0 Å². The van der Waals surface area contributed by atoms with E-state index in [1.807, 2.05) is 4.98 Å². The number of nitrogen functional groups attached to an aromatic ring is 1. The number of ether oxygens (including phenoxy) is 1. The molecule has 0 aromatic carbocycles. The van der Waals surface area contributed by atoms with E-state index in [4.69, 9.17) is 5.73 Å². The highest BCUT2D eigenvalue weighted by molar-refractivity contribution is 5.42. The van der Waals surface area contributed by atoms with E-state index in [1.54, 1.807) is 0 Å². The van der Waals surface area contributed by atoms with Crippen molar-refractivity contribution < 1.29 is 17.9 Å². The van der Waals surface area contributed by atoms with Gasteiger partial charge in [0.05, 0.1) is 6.20 Å². The number of hydrogen-bond acceptors (Lipinski definition) is 4. The summed E-state index contributed by atoms with van der Waals surface area (Å²) in [5, 5.41) is 0. The zero-order valence-corrected chi connectivity index (χ0v) is 6.05. The number of aromatic amines is 1. The van der Waals surface area contributed by atoms with Crippen LogP contribution in [0.3, 0.4) is 0 Å². The van der Waals surface area contributed by atoms with Gasteiger partial charge in [-0.05, 0) is 0 Å². The van der Waals surface area contributed by atoms with Crippen molar-refractivity contribution in [2.75, 3.05) is 5.73 Å². The van der Waals surface area contributed by atoms with E-state index in [1.165, 1.54) is 0 Å². The summed E-state index contributed by atoms with van der Waals surface area (Å²) in [6.07, 6.45) is -4.25. The smallest absolute Gasteiger partial charge is 0.400 e. The molecule has 0 amide bonds. The lowest BCUT2D eigenvalue weighted by Crippen LogP contribution is -2.21. The Morgan fingerprint density at radius 3 is 2.62 bits per heavy atom. The molecule has 5 nitrogen and oxygen atoms in total. The van der Waals surface area contributed by atoms with Crippen LogP contribution < -0.4 is 16.2 Å². The average Bonchev–Trinajstić information content (AvgIpc) is 1.93. The highest BCUT2D eigenvalue weighted by Crippen LogP contribution is 2.24. The number of anilines is 1. The highest BCUT2D eigenvalue weighted by atomic mass is 19.4. The second kappa shape index (κ2) is 2.96. The Kier molecular flexibility index (Phi) is 2.13. The molecule has 0 atom stereocenters. The monoisotopic (exact) mass is 195 g/mol. The van der Waals surface area contributed by atoms with Gasteiger partial charge in [-0.3, -0.25) is 4.98 Å². The molecule has 13 heavy (non-hydrogen) atoms. The third-order valence-corrected chi connectivity index (χ3v) is 1.03. The van der Waals surface area contributed by atoms with Gasteiger partial charge in [0, 0.05) is 0 Å². The largest absolute Gasteiger partial charge is 0.573 e. The molecule has 0 aliphatic carbocycles. The van der Waals surface area contributed by atoms with Gasteiger partial charge in [-0.2, -0.15) is 4.98 Å². The standard InChI is InChI=1S/C5H4F3N3O2/c6-5(7,8)13-2-1-10-4(12)11-3(2)9/h1H,(H3,9,10,11,12). The third kappa shape index (κ3) is 2.65. The van der Waals surface area contributed by atoms with Crippen LogP contribution in [-0.2, 0) is 0 Å². The van der Waals surface area contributed by atoms with Crippen molar-refractivity contribution in [2.45, 2.75) is 6.36 Å². The molecular weight excluding hydrogens is 191 g/mol. The summed E-state index contributed by atoms with van der Waals surface area (Å²) in [6, 6.07) is 0. The number of hydrogen-bond donors (Lipinski definition) is 2. The lowest BCUT2D eigenvalue weighted by atomic mass is 10.5. The molecule has 0 saturated carbocycles. The molecule has 0 saturated heterocycles. The molecule has 0 aliphatic heterocycles. The zero-order valence-electron chi connectivity index (χ0n) is 6.05. The molecule has 0 unspecified atom stereocenters. The summed E-state index contributed by atoms with van der Waals surface area (Å²) in [4.78, 5) is 15.3. The van der Waals surface area contributed by atoms with Gasteiger partial charge in [-0.25, -0.2) is 4.79 Å². The van der Waals surface area contributed by atoms with Crippen molar-refractivity contribution >= 4 is 5.82 Å². The number of alkyl halides is 3. The van der Waals surface area contributed by atoms with E-state index in [2.05, 4.69) is 9.72 Å². The fourth-order valence-corrected chi connectivity index (χ4v) is 0.602. The van der Waals surface area contributed by atoms with E-state index >= 15 is 0 Å². The number of nitrogens with zero attached hydrogens (tertiary/aromatic N) is 1. The fourth-order valence-electron chi connectivity index (χ4n) is 0.602. The summed E-state index contributed by atoms with van der Waals surface area (Å²) in [5.74, 6) is -1.25. The molecule has 1 aromatic rings. The van der Waals surface area contributed by atoms with E-state index in [-0.39, 0.29) is 0 Å². The minimum absolute atomic E-state index is 0.516. The van der Waals surface area contributed by atoms with E-state index in [0.717, 1.165) is 0 Å². The Balaban J connectivity index is 2.97. The van der Waals surface area contributed by atoms with Gasteiger partial charge < -0.3 is 10.5 Å². The summed E-state index contributed by atoms with van der Waals surface area (Å²) >= 11 is 0. The van der Waals surface area contributed by atoms with Crippen molar-refractivity contribution in [3.63, 3.8) is 0 Å². The molecule has 1 aromatic heterocycles. The van der Waals surface area contributed by atoms with Crippen LogP contribution in [0.1, 0.15) is 0 Å². The van der Waals surface area contributed by atoms with Crippen LogP contribution in [0.2, 0.25) is 0 Å². The second-order valence-electron chi connectivity index (χ2n) is 2.01. The minimum atomic E-state index is -4.85. The molecule has 8 heteroatoms. The normalized spacial score (nSPS) is 11.3. The topological polar surface area (TPSA) is 81.0 Å². The number of halogens is 3. The van der Waals surface area contributed by atoms with Crippen LogP contribution in [0.25, 0.3) is 0 Å². The number of rotatable bonds is 1. The first kappa shape index (κ1) is 9.36. The summed E-state index contributed by atoms with van der Waals surface area (Å²) in [6.45, 7) is 0. The van der Waals surface area contributed by atoms with Crippen LogP contribution in [0.4, 0.5) is 19.0 Å². The van der Waals surface area contributed by atoms with Crippen molar-refractivity contribution in [2.24, 2.45) is 0 Å². The highest BCUT2D eigenvalue weighted by Gasteiger charge is 2.32. The molecular formula is C5H4F3N3O2. The maximum absolute atomic E-state index is 11.6. The molecule has 0 aliphatic rings. The maximum Gasteiger partial charge on any atom is 0.573 e. The predicted octanol–water partition coefficient (Wildman–Crippen LogP) is 0.251. The van der Waals surface area contributed by atoms with Crippen molar-refractivity contribution in [3.8, 4) is 5.75 Å². The molecule has 0 bridgehead atoms. The fraction of sp³-hybridized carbons (Fsp3) is 0.200. The Morgan fingerprint density at radius 1 is 1.54 bits per heavy atom. The van der Waals surface area contributed by atoms with Crippen molar-refractivity contribution in [3.05, 3.63) is 16.7 Å². The lowest BCUT2D eigenvalue weighted by molar-refractivity contribution is -0.274. The number of H-pyrrole nitrogens is 1. The van der Waals surface area contributed by atoms with Crippen molar-refractivity contribution in [1.29, 1.82) is 0 Å². The van der Waals surface area contributed by atoms with Gasteiger partial charge >= 0.3 is 12.1 Å².